The second-order valence-electron chi connectivity index (χ2n) is 3.31. The van der Waals surface area contributed by atoms with Gasteiger partial charge in [-0.15, -0.1) is 11.6 Å². The lowest BCUT2D eigenvalue weighted by atomic mass is 10.1. The van der Waals surface area contributed by atoms with Crippen LogP contribution in [0.1, 0.15) is 39.5 Å². The summed E-state index contributed by atoms with van der Waals surface area (Å²) in [6.45, 7) is 4.22. The summed E-state index contributed by atoms with van der Waals surface area (Å²) in [6, 6.07) is 0. The minimum absolute atomic E-state index is 0.196. The van der Waals surface area contributed by atoms with Gasteiger partial charge in [0.05, 0.1) is 11.5 Å². The Morgan fingerprint density at radius 3 is 2.64 bits per heavy atom. The Morgan fingerprint density at radius 1 is 1.45 bits per heavy atom. The van der Waals surface area contributed by atoms with Crippen molar-refractivity contribution in [2.75, 3.05) is 0 Å². The zero-order chi connectivity index (χ0) is 8.27. The number of unbranched alkanes of at least 4 members (excludes halogenated alkanes) is 2. The average molecular weight is 177 g/mol. The molecule has 0 spiro atoms. The minimum atomic E-state index is 0.196. The minimum Gasteiger partial charge on any atom is -0.368 e. The molecule has 0 aromatic rings. The van der Waals surface area contributed by atoms with Gasteiger partial charge in [-0.1, -0.05) is 26.2 Å². The van der Waals surface area contributed by atoms with Crippen molar-refractivity contribution in [1.29, 1.82) is 0 Å². The van der Waals surface area contributed by atoms with E-state index in [4.69, 9.17) is 16.3 Å². The molecule has 0 bridgehead atoms. The van der Waals surface area contributed by atoms with Crippen LogP contribution in [0.15, 0.2) is 0 Å². The Balaban J connectivity index is 1.96. The molecule has 0 aromatic carbocycles. The normalized spacial score (nSPS) is 31.9. The van der Waals surface area contributed by atoms with Crippen LogP contribution in [0.2, 0.25) is 0 Å². The second kappa shape index (κ2) is 4.32. The van der Waals surface area contributed by atoms with Crippen molar-refractivity contribution in [3.8, 4) is 0 Å². The van der Waals surface area contributed by atoms with Crippen LogP contribution in [0.5, 0.6) is 0 Å². The molecule has 11 heavy (non-hydrogen) atoms. The number of rotatable bonds is 5. The highest BCUT2D eigenvalue weighted by molar-refractivity contribution is 6.21. The van der Waals surface area contributed by atoms with E-state index in [1.807, 2.05) is 6.92 Å². The number of alkyl halides is 1. The first kappa shape index (κ1) is 9.34. The molecule has 1 fully saturated rings. The predicted octanol–water partition coefficient (Wildman–Crippen LogP) is 2.96. The van der Waals surface area contributed by atoms with Gasteiger partial charge in [0.2, 0.25) is 0 Å². The summed E-state index contributed by atoms with van der Waals surface area (Å²) in [4.78, 5) is 0. The maximum absolute atomic E-state index is 5.86. The highest BCUT2D eigenvalue weighted by Crippen LogP contribution is 2.32. The molecule has 1 aliphatic heterocycles. The summed E-state index contributed by atoms with van der Waals surface area (Å²) in [7, 11) is 0. The van der Waals surface area contributed by atoms with Crippen molar-refractivity contribution < 1.29 is 4.74 Å². The zero-order valence-corrected chi connectivity index (χ0v) is 8.10. The Labute approximate surface area is 74.1 Å². The Morgan fingerprint density at radius 2 is 2.18 bits per heavy atom. The smallest absolute Gasteiger partial charge is 0.100 e. The van der Waals surface area contributed by atoms with Gasteiger partial charge in [0, 0.05) is 0 Å². The number of hydrogen-bond acceptors (Lipinski definition) is 1. The van der Waals surface area contributed by atoms with Crippen molar-refractivity contribution >= 4 is 11.6 Å². The topological polar surface area (TPSA) is 12.5 Å². The molecule has 3 unspecified atom stereocenters. The van der Waals surface area contributed by atoms with E-state index in [2.05, 4.69) is 6.92 Å². The fourth-order valence-electron chi connectivity index (χ4n) is 1.39. The van der Waals surface area contributed by atoms with Gasteiger partial charge in [-0.2, -0.15) is 0 Å². The molecule has 1 saturated heterocycles. The largest absolute Gasteiger partial charge is 0.368 e. The number of ether oxygens (including phenoxy) is 1. The van der Waals surface area contributed by atoms with E-state index in [-0.39, 0.29) is 5.38 Å². The highest BCUT2D eigenvalue weighted by Gasteiger charge is 2.41. The molecule has 66 valence electrons. The fourth-order valence-corrected chi connectivity index (χ4v) is 1.61. The molecular weight excluding hydrogens is 160 g/mol. The van der Waals surface area contributed by atoms with E-state index in [0.29, 0.717) is 12.2 Å². The van der Waals surface area contributed by atoms with Crippen LogP contribution in [-0.4, -0.2) is 17.6 Å². The maximum atomic E-state index is 5.86. The molecule has 1 rings (SSSR count). The number of hydrogen-bond donors (Lipinski definition) is 0. The first-order valence-corrected chi connectivity index (χ1v) is 4.99. The molecule has 1 aliphatic rings. The Bertz CT molecular complexity index is 114. The molecule has 0 aromatic heterocycles. The summed E-state index contributed by atoms with van der Waals surface area (Å²) in [5, 5.41) is 0.196. The SMILES string of the molecule is CCCCCC1OC1C(C)Cl. The molecule has 0 radical (unpaired) electrons. The molecule has 1 nitrogen and oxygen atoms in total. The summed E-state index contributed by atoms with van der Waals surface area (Å²) in [6.07, 6.45) is 5.94. The lowest BCUT2D eigenvalue weighted by Gasteiger charge is -1.95. The van der Waals surface area contributed by atoms with E-state index in [0.717, 1.165) is 0 Å². The lowest BCUT2D eigenvalue weighted by molar-refractivity contribution is 0.357. The number of epoxide rings is 1. The Kier molecular flexibility index (Phi) is 3.67. The van der Waals surface area contributed by atoms with E-state index in [9.17, 15) is 0 Å². The van der Waals surface area contributed by atoms with E-state index in [1.54, 1.807) is 0 Å². The van der Waals surface area contributed by atoms with Crippen LogP contribution in [0, 0.1) is 0 Å². The molecule has 0 N–H and O–H groups in total. The molecule has 3 atom stereocenters. The zero-order valence-electron chi connectivity index (χ0n) is 7.35. The summed E-state index contributed by atoms with van der Waals surface area (Å²) in [5.74, 6) is 0. The third kappa shape index (κ3) is 3.00. The predicted molar refractivity (Wildman–Crippen MR) is 48.1 cm³/mol. The summed E-state index contributed by atoms with van der Waals surface area (Å²) < 4.78 is 5.39. The van der Waals surface area contributed by atoms with Crippen LogP contribution >= 0.6 is 11.6 Å². The van der Waals surface area contributed by atoms with Gasteiger partial charge < -0.3 is 4.74 Å². The van der Waals surface area contributed by atoms with Crippen molar-refractivity contribution in [3.05, 3.63) is 0 Å². The van der Waals surface area contributed by atoms with E-state index < -0.39 is 0 Å². The summed E-state index contributed by atoms with van der Waals surface area (Å²) in [5.41, 5.74) is 0. The average Bonchev–Trinajstić information content (AvgIpc) is 2.68. The summed E-state index contributed by atoms with van der Waals surface area (Å²) >= 11 is 5.86. The third-order valence-corrected chi connectivity index (χ3v) is 2.41. The van der Waals surface area contributed by atoms with Crippen molar-refractivity contribution in [3.63, 3.8) is 0 Å². The van der Waals surface area contributed by atoms with Gasteiger partial charge in [-0.3, -0.25) is 0 Å². The van der Waals surface area contributed by atoms with Crippen LogP contribution < -0.4 is 0 Å². The van der Waals surface area contributed by atoms with Gasteiger partial charge in [-0.05, 0) is 13.3 Å². The van der Waals surface area contributed by atoms with Gasteiger partial charge >= 0.3 is 0 Å². The van der Waals surface area contributed by atoms with Crippen LogP contribution in [0.25, 0.3) is 0 Å². The molecule has 0 aliphatic carbocycles. The second-order valence-corrected chi connectivity index (χ2v) is 4.00. The van der Waals surface area contributed by atoms with Gasteiger partial charge in [0.25, 0.3) is 0 Å². The molecular formula is C9H17ClO. The van der Waals surface area contributed by atoms with E-state index in [1.165, 1.54) is 25.7 Å². The van der Waals surface area contributed by atoms with Crippen molar-refractivity contribution in [1.82, 2.24) is 0 Å². The fraction of sp³-hybridized carbons (Fsp3) is 1.00. The third-order valence-electron chi connectivity index (χ3n) is 2.17. The van der Waals surface area contributed by atoms with Crippen molar-refractivity contribution in [2.45, 2.75) is 57.1 Å². The van der Waals surface area contributed by atoms with Crippen LogP contribution in [0.4, 0.5) is 0 Å². The Hall–Kier alpha value is 0.250. The quantitative estimate of drug-likeness (QED) is 0.357. The van der Waals surface area contributed by atoms with E-state index >= 15 is 0 Å². The van der Waals surface area contributed by atoms with Gasteiger partial charge in [-0.25, -0.2) is 0 Å². The molecule has 2 heteroatoms. The van der Waals surface area contributed by atoms with Crippen LogP contribution in [-0.2, 0) is 4.74 Å². The lowest BCUT2D eigenvalue weighted by Crippen LogP contribution is -2.04. The van der Waals surface area contributed by atoms with Gasteiger partial charge in [0.15, 0.2) is 0 Å². The number of halogens is 1. The highest BCUT2D eigenvalue weighted by atomic mass is 35.5. The van der Waals surface area contributed by atoms with Gasteiger partial charge in [0.1, 0.15) is 6.10 Å². The molecule has 0 saturated carbocycles. The maximum Gasteiger partial charge on any atom is 0.100 e. The first-order chi connectivity index (χ1) is 5.25. The van der Waals surface area contributed by atoms with Crippen LogP contribution in [0.3, 0.4) is 0 Å². The van der Waals surface area contributed by atoms with Crippen molar-refractivity contribution in [2.24, 2.45) is 0 Å². The monoisotopic (exact) mass is 176 g/mol. The molecule has 1 heterocycles. The standard InChI is InChI=1S/C9H17ClO/c1-3-4-5-6-8-9(11-8)7(2)10/h7-9H,3-6H2,1-2H3. The first-order valence-electron chi connectivity index (χ1n) is 4.55. The molecule has 0 amide bonds.